The van der Waals surface area contributed by atoms with E-state index in [1.165, 1.54) is 0 Å². The monoisotopic (exact) mass is 277 g/mol. The molecule has 0 aliphatic carbocycles. The molecular formula is C12H15N5OS. The molecule has 1 saturated heterocycles. The van der Waals surface area contributed by atoms with Gasteiger partial charge >= 0.3 is 0 Å². The van der Waals surface area contributed by atoms with Gasteiger partial charge in [0.1, 0.15) is 0 Å². The summed E-state index contributed by atoms with van der Waals surface area (Å²) in [7, 11) is 1.82. The Kier molecular flexibility index (Phi) is 3.20. The van der Waals surface area contributed by atoms with Crippen LogP contribution >= 0.6 is 11.3 Å². The lowest BCUT2D eigenvalue weighted by atomic mass is 10.2. The van der Waals surface area contributed by atoms with Crippen molar-refractivity contribution in [3.8, 4) is 0 Å². The molecule has 6 nitrogen and oxygen atoms in total. The van der Waals surface area contributed by atoms with Crippen molar-refractivity contribution in [1.82, 2.24) is 19.7 Å². The van der Waals surface area contributed by atoms with Crippen LogP contribution in [0.25, 0.3) is 0 Å². The summed E-state index contributed by atoms with van der Waals surface area (Å²) in [5.41, 5.74) is 0.658. The third-order valence-corrected chi connectivity index (χ3v) is 4.04. The van der Waals surface area contributed by atoms with Gasteiger partial charge in [-0.3, -0.25) is 9.48 Å². The Balaban J connectivity index is 1.62. The van der Waals surface area contributed by atoms with Crippen LogP contribution in [0.1, 0.15) is 10.4 Å². The number of hydrogen-bond acceptors (Lipinski definition) is 5. The molecule has 0 aromatic carbocycles. The Labute approximate surface area is 115 Å². The molecule has 0 radical (unpaired) electrons. The first-order valence-corrected chi connectivity index (χ1v) is 7.04. The van der Waals surface area contributed by atoms with Gasteiger partial charge in [0.05, 0.1) is 11.8 Å². The van der Waals surface area contributed by atoms with Crippen molar-refractivity contribution < 1.29 is 4.79 Å². The molecule has 3 rings (SSSR count). The maximum atomic E-state index is 12.2. The van der Waals surface area contributed by atoms with Crippen molar-refractivity contribution in [3.05, 3.63) is 29.5 Å². The fourth-order valence-electron chi connectivity index (χ4n) is 2.19. The van der Waals surface area contributed by atoms with Crippen LogP contribution in [0.5, 0.6) is 0 Å². The number of hydrogen-bond donors (Lipinski definition) is 0. The van der Waals surface area contributed by atoms with E-state index < -0.39 is 0 Å². The fourth-order valence-corrected chi connectivity index (χ4v) is 2.88. The molecule has 0 bridgehead atoms. The van der Waals surface area contributed by atoms with E-state index in [4.69, 9.17) is 0 Å². The highest BCUT2D eigenvalue weighted by Crippen LogP contribution is 2.19. The van der Waals surface area contributed by atoms with Crippen LogP contribution in [0.15, 0.2) is 24.0 Å². The van der Waals surface area contributed by atoms with Crippen molar-refractivity contribution in [2.24, 2.45) is 7.05 Å². The van der Waals surface area contributed by atoms with Crippen LogP contribution in [0, 0.1) is 0 Å². The van der Waals surface area contributed by atoms with Crippen molar-refractivity contribution in [1.29, 1.82) is 0 Å². The number of thiazole rings is 1. The molecule has 3 heterocycles. The molecule has 0 atom stereocenters. The molecule has 0 saturated carbocycles. The molecule has 2 aromatic rings. The standard InChI is InChI=1S/C12H15N5OS/c1-15-9-10(8-14-15)11(18)16-3-5-17(6-4-16)12-13-2-7-19-12/h2,7-9H,3-6H2,1H3. The molecule has 0 unspecified atom stereocenters. The van der Waals surface area contributed by atoms with Gasteiger partial charge in [0.2, 0.25) is 0 Å². The first-order chi connectivity index (χ1) is 9.24. The second kappa shape index (κ2) is 5.00. The number of carbonyl (C=O) groups excluding carboxylic acids is 1. The molecular weight excluding hydrogens is 262 g/mol. The number of piperazine rings is 1. The van der Waals surface area contributed by atoms with Crippen molar-refractivity contribution >= 4 is 22.4 Å². The highest BCUT2D eigenvalue weighted by molar-refractivity contribution is 7.13. The Bertz CT molecular complexity index is 556. The Hall–Kier alpha value is -1.89. The predicted octanol–water partition coefficient (Wildman–Crippen LogP) is 0.839. The minimum absolute atomic E-state index is 0.0619. The zero-order valence-electron chi connectivity index (χ0n) is 10.7. The van der Waals surface area contributed by atoms with Gasteiger partial charge < -0.3 is 9.80 Å². The lowest BCUT2D eigenvalue weighted by molar-refractivity contribution is 0.0746. The van der Waals surface area contributed by atoms with E-state index >= 15 is 0 Å². The summed E-state index contributed by atoms with van der Waals surface area (Å²) < 4.78 is 1.65. The number of carbonyl (C=O) groups is 1. The molecule has 1 aliphatic rings. The maximum absolute atomic E-state index is 12.2. The summed E-state index contributed by atoms with van der Waals surface area (Å²) in [4.78, 5) is 20.6. The maximum Gasteiger partial charge on any atom is 0.257 e. The molecule has 1 fully saturated rings. The number of aryl methyl sites for hydroxylation is 1. The van der Waals surface area contributed by atoms with Gasteiger partial charge in [-0.05, 0) is 0 Å². The summed E-state index contributed by atoms with van der Waals surface area (Å²) >= 11 is 1.64. The van der Waals surface area contributed by atoms with Crippen molar-refractivity contribution in [2.75, 3.05) is 31.1 Å². The highest BCUT2D eigenvalue weighted by Gasteiger charge is 2.23. The predicted molar refractivity (Wildman–Crippen MR) is 73.4 cm³/mol. The second-order valence-corrected chi connectivity index (χ2v) is 5.37. The average Bonchev–Trinajstić information content (AvgIpc) is 3.09. The third-order valence-electron chi connectivity index (χ3n) is 3.21. The minimum Gasteiger partial charge on any atom is -0.345 e. The van der Waals surface area contributed by atoms with Crippen molar-refractivity contribution in [3.63, 3.8) is 0 Å². The zero-order valence-corrected chi connectivity index (χ0v) is 11.5. The van der Waals surface area contributed by atoms with Gasteiger partial charge in [-0.15, -0.1) is 11.3 Å². The highest BCUT2D eigenvalue weighted by atomic mass is 32.1. The van der Waals surface area contributed by atoms with Crippen LogP contribution in [-0.2, 0) is 7.05 Å². The molecule has 2 aromatic heterocycles. The molecule has 100 valence electrons. The van der Waals surface area contributed by atoms with E-state index in [-0.39, 0.29) is 5.91 Å². The van der Waals surface area contributed by atoms with Gasteiger partial charge in [0.15, 0.2) is 5.13 Å². The largest absolute Gasteiger partial charge is 0.345 e. The number of amides is 1. The summed E-state index contributed by atoms with van der Waals surface area (Å²) in [5.74, 6) is 0.0619. The number of anilines is 1. The van der Waals surface area contributed by atoms with E-state index in [9.17, 15) is 4.79 Å². The topological polar surface area (TPSA) is 54.3 Å². The van der Waals surface area contributed by atoms with Crippen LogP contribution < -0.4 is 4.90 Å². The third kappa shape index (κ3) is 2.46. The second-order valence-electron chi connectivity index (χ2n) is 4.50. The van der Waals surface area contributed by atoms with E-state index in [2.05, 4.69) is 15.0 Å². The number of rotatable bonds is 2. The molecule has 7 heteroatoms. The van der Waals surface area contributed by atoms with Gasteiger partial charge in [-0.2, -0.15) is 5.10 Å². The Morgan fingerprint density at radius 3 is 2.68 bits per heavy atom. The SMILES string of the molecule is Cn1cc(C(=O)N2CCN(c3nccs3)CC2)cn1. The molecule has 0 N–H and O–H groups in total. The Morgan fingerprint density at radius 1 is 1.32 bits per heavy atom. The van der Waals surface area contributed by atoms with Crippen LogP contribution in [0.4, 0.5) is 5.13 Å². The summed E-state index contributed by atoms with van der Waals surface area (Å²) in [6, 6.07) is 0. The smallest absolute Gasteiger partial charge is 0.257 e. The van der Waals surface area contributed by atoms with Gasteiger partial charge in [0, 0.05) is 51.0 Å². The summed E-state index contributed by atoms with van der Waals surface area (Å²) in [6.07, 6.45) is 5.19. The van der Waals surface area contributed by atoms with Crippen LogP contribution in [0.3, 0.4) is 0 Å². The molecule has 0 spiro atoms. The Morgan fingerprint density at radius 2 is 2.11 bits per heavy atom. The van der Waals surface area contributed by atoms with Gasteiger partial charge in [-0.25, -0.2) is 4.98 Å². The fraction of sp³-hybridized carbons (Fsp3) is 0.417. The van der Waals surface area contributed by atoms with E-state index in [1.807, 2.05) is 23.5 Å². The van der Waals surface area contributed by atoms with E-state index in [0.29, 0.717) is 5.56 Å². The molecule has 1 aliphatic heterocycles. The zero-order chi connectivity index (χ0) is 13.2. The van der Waals surface area contributed by atoms with Crippen LogP contribution in [0.2, 0.25) is 0 Å². The number of nitrogens with zero attached hydrogens (tertiary/aromatic N) is 5. The first-order valence-electron chi connectivity index (χ1n) is 6.16. The average molecular weight is 277 g/mol. The van der Waals surface area contributed by atoms with Crippen LogP contribution in [-0.4, -0.2) is 51.8 Å². The molecule has 1 amide bonds. The summed E-state index contributed by atoms with van der Waals surface area (Å²) in [5, 5.41) is 7.05. The van der Waals surface area contributed by atoms with E-state index in [1.54, 1.807) is 28.4 Å². The first kappa shape index (κ1) is 12.2. The van der Waals surface area contributed by atoms with Gasteiger partial charge in [-0.1, -0.05) is 0 Å². The molecule has 19 heavy (non-hydrogen) atoms. The summed E-state index contributed by atoms with van der Waals surface area (Å²) in [6.45, 7) is 3.12. The lowest BCUT2D eigenvalue weighted by Crippen LogP contribution is -2.48. The van der Waals surface area contributed by atoms with Gasteiger partial charge in [0.25, 0.3) is 5.91 Å². The minimum atomic E-state index is 0.0619. The number of aromatic nitrogens is 3. The van der Waals surface area contributed by atoms with E-state index in [0.717, 1.165) is 31.3 Å². The lowest BCUT2D eigenvalue weighted by Gasteiger charge is -2.34. The quantitative estimate of drug-likeness (QED) is 0.816. The van der Waals surface area contributed by atoms with Crippen molar-refractivity contribution in [2.45, 2.75) is 0 Å². The normalized spacial score (nSPS) is 15.8.